The first-order valence-corrected chi connectivity index (χ1v) is 6.80. The van der Waals surface area contributed by atoms with Crippen LogP contribution < -0.4 is 10.5 Å². The van der Waals surface area contributed by atoms with E-state index in [0.29, 0.717) is 23.1 Å². The Morgan fingerprint density at radius 2 is 2.27 bits per heavy atom. The van der Waals surface area contributed by atoms with Gasteiger partial charge in [-0.15, -0.1) is 0 Å². The largest absolute Gasteiger partial charge is 0.330 e. The van der Waals surface area contributed by atoms with Crippen molar-refractivity contribution in [2.24, 2.45) is 5.73 Å². The van der Waals surface area contributed by atoms with Gasteiger partial charge in [0.25, 0.3) is 0 Å². The third-order valence-electron chi connectivity index (χ3n) is 1.66. The number of pyridine rings is 1. The maximum Gasteiger partial charge on any atom is 0.232 e. The minimum atomic E-state index is -3.31. The Morgan fingerprint density at radius 3 is 2.87 bits per heavy atom. The first-order valence-electron chi connectivity index (χ1n) is 4.35. The van der Waals surface area contributed by atoms with E-state index in [1.807, 2.05) is 0 Å². The third-order valence-corrected chi connectivity index (χ3v) is 3.64. The summed E-state index contributed by atoms with van der Waals surface area (Å²) in [5.41, 5.74) is 5.74. The normalized spacial score (nSPS) is 11.3. The molecule has 0 spiro atoms. The van der Waals surface area contributed by atoms with Gasteiger partial charge in [0, 0.05) is 12.4 Å². The van der Waals surface area contributed by atoms with E-state index in [4.69, 9.17) is 5.73 Å². The van der Waals surface area contributed by atoms with E-state index < -0.39 is 10.0 Å². The Kier molecular flexibility index (Phi) is 4.49. The van der Waals surface area contributed by atoms with E-state index in [1.165, 1.54) is 12.4 Å². The first kappa shape index (κ1) is 12.4. The topological polar surface area (TPSA) is 85.1 Å². The van der Waals surface area contributed by atoms with Gasteiger partial charge < -0.3 is 5.73 Å². The quantitative estimate of drug-likeness (QED) is 0.846. The lowest BCUT2D eigenvalue weighted by molar-refractivity contribution is 0.598. The maximum absolute atomic E-state index is 11.5. The average Bonchev–Trinajstić information content (AvgIpc) is 2.18. The lowest BCUT2D eigenvalue weighted by atomic mass is 10.4. The van der Waals surface area contributed by atoms with Crippen molar-refractivity contribution in [3.05, 3.63) is 22.9 Å². The second-order valence-electron chi connectivity index (χ2n) is 2.92. The SMILES string of the molecule is NCCCS(=O)(=O)Nc1ccncc1Br. The fourth-order valence-electron chi connectivity index (χ4n) is 0.950. The number of nitrogens with one attached hydrogen (secondary N) is 1. The average molecular weight is 294 g/mol. The molecule has 1 heterocycles. The lowest BCUT2D eigenvalue weighted by Gasteiger charge is -2.08. The highest BCUT2D eigenvalue weighted by molar-refractivity contribution is 9.10. The Bertz CT molecular complexity index is 422. The third kappa shape index (κ3) is 4.15. The summed E-state index contributed by atoms with van der Waals surface area (Å²) in [7, 11) is -3.31. The van der Waals surface area contributed by atoms with Crippen LogP contribution in [0, 0.1) is 0 Å². The van der Waals surface area contributed by atoms with Gasteiger partial charge >= 0.3 is 0 Å². The van der Waals surface area contributed by atoms with Crippen molar-refractivity contribution in [1.82, 2.24) is 4.98 Å². The smallest absolute Gasteiger partial charge is 0.232 e. The van der Waals surface area contributed by atoms with Gasteiger partial charge in [0.1, 0.15) is 0 Å². The molecule has 1 aromatic heterocycles. The number of sulfonamides is 1. The standard InChI is InChI=1S/C8H12BrN3O2S/c9-7-6-11-4-2-8(7)12-15(13,14)5-1-3-10/h2,4,6H,1,3,5,10H2,(H,11,12). The van der Waals surface area contributed by atoms with Crippen molar-refractivity contribution < 1.29 is 8.42 Å². The highest BCUT2D eigenvalue weighted by Crippen LogP contribution is 2.21. The summed E-state index contributed by atoms with van der Waals surface area (Å²) >= 11 is 3.20. The van der Waals surface area contributed by atoms with Crippen molar-refractivity contribution >= 4 is 31.6 Å². The first-order chi connectivity index (χ1) is 7.05. The maximum atomic E-state index is 11.5. The number of aromatic nitrogens is 1. The Balaban J connectivity index is 2.74. The van der Waals surface area contributed by atoms with E-state index in [9.17, 15) is 8.42 Å². The molecule has 7 heteroatoms. The number of nitrogens with two attached hydrogens (primary N) is 1. The van der Waals surface area contributed by atoms with E-state index in [-0.39, 0.29) is 5.75 Å². The predicted octanol–water partition coefficient (Wildman–Crippen LogP) is 0.935. The fourth-order valence-corrected chi connectivity index (χ4v) is 2.59. The summed E-state index contributed by atoms with van der Waals surface area (Å²) in [4.78, 5) is 3.84. The van der Waals surface area contributed by atoms with Crippen LogP contribution in [0.25, 0.3) is 0 Å². The summed E-state index contributed by atoms with van der Waals surface area (Å²) in [5, 5.41) is 0. The fraction of sp³-hybridized carbons (Fsp3) is 0.375. The minimum Gasteiger partial charge on any atom is -0.330 e. The summed E-state index contributed by atoms with van der Waals surface area (Å²) in [6.45, 7) is 0.360. The van der Waals surface area contributed by atoms with Crippen LogP contribution in [0.5, 0.6) is 0 Å². The monoisotopic (exact) mass is 293 g/mol. The van der Waals surface area contributed by atoms with Crippen molar-refractivity contribution in [2.75, 3.05) is 17.0 Å². The molecule has 0 radical (unpaired) electrons. The molecular formula is C8H12BrN3O2S. The van der Waals surface area contributed by atoms with Gasteiger partial charge in [-0.3, -0.25) is 9.71 Å². The van der Waals surface area contributed by atoms with Gasteiger partial charge in [-0.05, 0) is 35.0 Å². The number of rotatable bonds is 5. The van der Waals surface area contributed by atoms with Gasteiger partial charge in [-0.2, -0.15) is 0 Å². The second kappa shape index (κ2) is 5.43. The second-order valence-corrected chi connectivity index (χ2v) is 5.61. The Labute approximate surface area is 97.3 Å². The van der Waals surface area contributed by atoms with Crippen LogP contribution in [0.1, 0.15) is 6.42 Å². The highest BCUT2D eigenvalue weighted by Gasteiger charge is 2.11. The van der Waals surface area contributed by atoms with Gasteiger partial charge in [-0.25, -0.2) is 8.42 Å². The molecule has 0 fully saturated rings. The van der Waals surface area contributed by atoms with E-state index in [1.54, 1.807) is 6.07 Å². The lowest BCUT2D eigenvalue weighted by Crippen LogP contribution is -2.19. The van der Waals surface area contributed by atoms with E-state index in [0.717, 1.165) is 0 Å². The molecule has 3 N–H and O–H groups in total. The summed E-state index contributed by atoms with van der Waals surface area (Å²) in [6, 6.07) is 1.59. The van der Waals surface area contributed by atoms with Gasteiger partial charge in [-0.1, -0.05) is 0 Å². The van der Waals surface area contributed by atoms with Crippen LogP contribution in [0.15, 0.2) is 22.9 Å². The molecule has 0 aliphatic rings. The molecule has 15 heavy (non-hydrogen) atoms. The van der Waals surface area contributed by atoms with Crippen LogP contribution in [-0.2, 0) is 10.0 Å². The van der Waals surface area contributed by atoms with Crippen molar-refractivity contribution in [3.63, 3.8) is 0 Å². The number of hydrogen-bond donors (Lipinski definition) is 2. The van der Waals surface area contributed by atoms with Gasteiger partial charge in [0.15, 0.2) is 0 Å². The zero-order chi connectivity index (χ0) is 11.3. The predicted molar refractivity (Wildman–Crippen MR) is 63.0 cm³/mol. The summed E-state index contributed by atoms with van der Waals surface area (Å²) in [6.07, 6.45) is 3.49. The number of hydrogen-bond acceptors (Lipinski definition) is 4. The van der Waals surface area contributed by atoms with Crippen LogP contribution >= 0.6 is 15.9 Å². The molecule has 0 saturated heterocycles. The molecule has 0 unspecified atom stereocenters. The minimum absolute atomic E-state index is 0.0261. The van der Waals surface area contributed by atoms with E-state index in [2.05, 4.69) is 25.6 Å². The molecule has 5 nitrogen and oxygen atoms in total. The molecule has 0 bridgehead atoms. The van der Waals surface area contributed by atoms with Gasteiger partial charge in [0.05, 0.1) is 15.9 Å². The van der Waals surface area contributed by atoms with Crippen molar-refractivity contribution in [2.45, 2.75) is 6.42 Å². The van der Waals surface area contributed by atoms with Crippen LogP contribution in [-0.4, -0.2) is 25.7 Å². The zero-order valence-electron chi connectivity index (χ0n) is 7.98. The number of nitrogens with zero attached hydrogens (tertiary/aromatic N) is 1. The number of halogens is 1. The molecule has 1 aromatic rings. The molecule has 0 amide bonds. The molecular weight excluding hydrogens is 282 g/mol. The molecule has 0 saturated carbocycles. The van der Waals surface area contributed by atoms with Crippen LogP contribution in [0.2, 0.25) is 0 Å². The summed E-state index contributed by atoms with van der Waals surface area (Å²) < 4.78 is 26.1. The Morgan fingerprint density at radius 1 is 1.53 bits per heavy atom. The molecule has 0 aromatic carbocycles. The molecule has 0 aliphatic carbocycles. The van der Waals surface area contributed by atoms with Crippen LogP contribution in [0.3, 0.4) is 0 Å². The van der Waals surface area contributed by atoms with Crippen molar-refractivity contribution in [3.8, 4) is 0 Å². The zero-order valence-corrected chi connectivity index (χ0v) is 10.4. The summed E-state index contributed by atoms with van der Waals surface area (Å²) in [5.74, 6) is 0.0261. The van der Waals surface area contributed by atoms with Gasteiger partial charge in [0.2, 0.25) is 10.0 Å². The Hall–Kier alpha value is -0.660. The molecule has 1 rings (SSSR count). The number of anilines is 1. The van der Waals surface area contributed by atoms with Crippen molar-refractivity contribution in [1.29, 1.82) is 0 Å². The van der Waals surface area contributed by atoms with Crippen LogP contribution in [0.4, 0.5) is 5.69 Å². The molecule has 0 aliphatic heterocycles. The molecule has 0 atom stereocenters. The highest BCUT2D eigenvalue weighted by atomic mass is 79.9. The van der Waals surface area contributed by atoms with E-state index >= 15 is 0 Å². The molecule has 84 valence electrons.